The van der Waals surface area contributed by atoms with Gasteiger partial charge in [0.05, 0.1) is 27.0 Å². The third-order valence-corrected chi connectivity index (χ3v) is 11.6. The number of benzene rings is 3. The van der Waals surface area contributed by atoms with E-state index in [1.807, 2.05) is 47.4 Å². The van der Waals surface area contributed by atoms with E-state index in [1.165, 1.54) is 4.90 Å². The van der Waals surface area contributed by atoms with Gasteiger partial charge in [-0.25, -0.2) is 9.59 Å². The monoisotopic (exact) mass is 692 g/mol. The predicted octanol–water partition coefficient (Wildman–Crippen LogP) is 5.57. The van der Waals surface area contributed by atoms with E-state index in [1.54, 1.807) is 16.7 Å². The SMILES string of the molecule is CN1CCN(C2CCN(C(=O)C(Cc3ccc(Cl)c(Cl)c3)[C@H]3CC(n4c(=O)[nH]c5c6ccccc6ccc54)CCN3C(=O)O)CC2)CC1. The molecule has 254 valence electrons. The standard InChI is InChI=1S/C36H42Cl2N6O4/c1-40-16-18-41(19-17-40)25-10-13-42(14-11-25)34(45)28(20-23-6-8-29(37)30(38)21-23)32-22-26(12-15-43(32)36(47)48)44-31-9-7-24-4-2-3-5-27(24)33(31)39-35(44)46/h2-9,21,25-26,28,32H,10-20,22H2,1H3,(H,39,46)(H,47,48)/t26?,28?,32-/m1/s1. The summed E-state index contributed by atoms with van der Waals surface area (Å²) in [5.41, 5.74) is 2.14. The molecule has 12 heteroatoms. The summed E-state index contributed by atoms with van der Waals surface area (Å²) in [5, 5.41) is 13.2. The summed E-state index contributed by atoms with van der Waals surface area (Å²) in [6.45, 7) is 5.65. The van der Waals surface area contributed by atoms with Crippen LogP contribution < -0.4 is 5.69 Å². The number of piperazine rings is 1. The summed E-state index contributed by atoms with van der Waals surface area (Å²) in [6, 6.07) is 16.7. The number of aromatic amines is 1. The highest BCUT2D eigenvalue weighted by Crippen LogP contribution is 2.36. The maximum absolute atomic E-state index is 14.6. The second kappa shape index (κ2) is 13.7. The number of halogens is 2. The number of rotatable bonds is 6. The van der Waals surface area contributed by atoms with Gasteiger partial charge in [0, 0.05) is 69.3 Å². The Bertz CT molecular complexity index is 1880. The van der Waals surface area contributed by atoms with Crippen LogP contribution in [-0.2, 0) is 11.2 Å². The molecule has 1 aromatic heterocycles. The van der Waals surface area contributed by atoms with Gasteiger partial charge in [-0.3, -0.25) is 14.3 Å². The van der Waals surface area contributed by atoms with Crippen molar-refractivity contribution < 1.29 is 14.7 Å². The summed E-state index contributed by atoms with van der Waals surface area (Å²) in [6.07, 6.45) is 1.83. The van der Waals surface area contributed by atoms with Crippen molar-refractivity contribution in [3.05, 3.63) is 80.7 Å². The van der Waals surface area contributed by atoms with Crippen LogP contribution in [0.5, 0.6) is 0 Å². The summed E-state index contributed by atoms with van der Waals surface area (Å²) in [4.78, 5) is 52.3. The number of carbonyl (C=O) groups is 2. The van der Waals surface area contributed by atoms with Crippen LogP contribution in [0.3, 0.4) is 0 Å². The molecule has 48 heavy (non-hydrogen) atoms. The van der Waals surface area contributed by atoms with E-state index < -0.39 is 18.1 Å². The highest BCUT2D eigenvalue weighted by Gasteiger charge is 2.43. The van der Waals surface area contributed by atoms with Crippen molar-refractivity contribution in [1.29, 1.82) is 0 Å². The van der Waals surface area contributed by atoms with Crippen molar-refractivity contribution in [2.45, 2.75) is 50.2 Å². The molecule has 3 aliphatic heterocycles. The fourth-order valence-electron chi connectivity index (χ4n) is 8.24. The fourth-order valence-corrected chi connectivity index (χ4v) is 8.56. The van der Waals surface area contributed by atoms with E-state index in [9.17, 15) is 19.5 Å². The Hall–Kier alpha value is -3.57. The first-order valence-corrected chi connectivity index (χ1v) is 17.7. The lowest BCUT2D eigenvalue weighted by Gasteiger charge is -2.45. The van der Waals surface area contributed by atoms with Gasteiger partial charge in [0.25, 0.3) is 0 Å². The number of amides is 2. The first-order chi connectivity index (χ1) is 23.2. The van der Waals surface area contributed by atoms with Crippen LogP contribution in [0.1, 0.15) is 37.3 Å². The van der Waals surface area contributed by atoms with Crippen molar-refractivity contribution in [1.82, 2.24) is 29.2 Å². The van der Waals surface area contributed by atoms with E-state index in [0.29, 0.717) is 48.4 Å². The first-order valence-electron chi connectivity index (χ1n) is 16.9. The molecule has 0 aliphatic carbocycles. The van der Waals surface area contributed by atoms with Crippen molar-refractivity contribution >= 4 is 57.0 Å². The Morgan fingerprint density at radius 1 is 0.896 bits per heavy atom. The Kier molecular flexibility index (Phi) is 9.43. The van der Waals surface area contributed by atoms with Crippen LogP contribution in [0.4, 0.5) is 4.79 Å². The molecule has 4 heterocycles. The third-order valence-electron chi connectivity index (χ3n) is 10.9. The number of likely N-dealkylation sites (N-methyl/N-ethyl adjacent to an activating group) is 1. The maximum atomic E-state index is 14.6. The van der Waals surface area contributed by atoms with Gasteiger partial charge in [-0.15, -0.1) is 0 Å². The molecule has 7 rings (SSSR count). The second-order valence-electron chi connectivity index (χ2n) is 13.7. The molecule has 4 aromatic rings. The van der Waals surface area contributed by atoms with Crippen molar-refractivity contribution in [2.75, 3.05) is 52.9 Å². The quantitative estimate of drug-likeness (QED) is 0.274. The number of fused-ring (bicyclic) bond motifs is 3. The molecule has 0 saturated carbocycles. The number of H-pyrrole nitrogens is 1. The van der Waals surface area contributed by atoms with Gasteiger partial charge in [-0.05, 0) is 68.3 Å². The largest absolute Gasteiger partial charge is 0.465 e. The molecule has 3 aliphatic rings. The summed E-state index contributed by atoms with van der Waals surface area (Å²) in [5.74, 6) is -0.713. The Morgan fingerprint density at radius 3 is 2.35 bits per heavy atom. The highest BCUT2D eigenvalue weighted by atomic mass is 35.5. The third kappa shape index (κ3) is 6.43. The predicted molar refractivity (Wildman–Crippen MR) is 189 cm³/mol. The molecule has 3 fully saturated rings. The minimum absolute atomic E-state index is 0.0490. The molecule has 2 amide bonds. The van der Waals surface area contributed by atoms with E-state index in [4.69, 9.17) is 23.2 Å². The van der Waals surface area contributed by atoms with Gasteiger partial charge in [0.2, 0.25) is 5.91 Å². The van der Waals surface area contributed by atoms with Gasteiger partial charge in [-0.1, -0.05) is 59.6 Å². The van der Waals surface area contributed by atoms with Crippen LogP contribution >= 0.6 is 23.2 Å². The smallest absolute Gasteiger partial charge is 0.407 e. The molecule has 2 N–H and O–H groups in total. The molecule has 2 unspecified atom stereocenters. The van der Waals surface area contributed by atoms with E-state index in [2.05, 4.69) is 21.8 Å². The lowest BCUT2D eigenvalue weighted by atomic mass is 9.82. The zero-order valence-electron chi connectivity index (χ0n) is 27.2. The molecule has 3 aromatic carbocycles. The Balaban J connectivity index is 1.20. The van der Waals surface area contributed by atoms with Crippen molar-refractivity contribution in [2.24, 2.45) is 5.92 Å². The number of hydrogen-bond acceptors (Lipinski definition) is 5. The molecule has 0 radical (unpaired) electrons. The summed E-state index contributed by atoms with van der Waals surface area (Å²) in [7, 11) is 2.15. The zero-order valence-corrected chi connectivity index (χ0v) is 28.7. The lowest BCUT2D eigenvalue weighted by Crippen LogP contribution is -2.57. The number of likely N-dealkylation sites (tertiary alicyclic amines) is 2. The van der Waals surface area contributed by atoms with Crippen LogP contribution in [0, 0.1) is 5.92 Å². The number of carboxylic acid groups (broad SMARTS) is 1. The summed E-state index contributed by atoms with van der Waals surface area (Å²) < 4.78 is 1.77. The average Bonchev–Trinajstić information content (AvgIpc) is 3.44. The van der Waals surface area contributed by atoms with Gasteiger partial charge in [0.15, 0.2) is 0 Å². The second-order valence-corrected chi connectivity index (χ2v) is 14.5. The molecule has 3 saturated heterocycles. The highest BCUT2D eigenvalue weighted by molar-refractivity contribution is 6.42. The topological polar surface area (TPSA) is 105 Å². The summed E-state index contributed by atoms with van der Waals surface area (Å²) >= 11 is 12.7. The zero-order chi connectivity index (χ0) is 33.5. The number of piperidine rings is 2. The fraction of sp³-hybridized carbons (Fsp3) is 0.472. The number of aromatic nitrogens is 2. The van der Waals surface area contributed by atoms with E-state index in [-0.39, 0.29) is 24.2 Å². The van der Waals surface area contributed by atoms with Crippen molar-refractivity contribution in [3.63, 3.8) is 0 Å². The molecule has 3 atom stereocenters. The molecule has 10 nitrogen and oxygen atoms in total. The van der Waals surface area contributed by atoms with E-state index >= 15 is 0 Å². The number of imidazole rings is 1. The Morgan fingerprint density at radius 2 is 1.62 bits per heavy atom. The van der Waals surface area contributed by atoms with Crippen molar-refractivity contribution in [3.8, 4) is 0 Å². The number of nitrogens with zero attached hydrogens (tertiary/aromatic N) is 5. The minimum atomic E-state index is -1.06. The van der Waals surface area contributed by atoms with Gasteiger partial charge in [0.1, 0.15) is 0 Å². The van der Waals surface area contributed by atoms with Gasteiger partial charge >= 0.3 is 11.8 Å². The van der Waals surface area contributed by atoms with Crippen LogP contribution in [-0.4, -0.2) is 111 Å². The molecular formula is C36H42Cl2N6O4. The first kappa shape index (κ1) is 33.0. The number of carbonyl (C=O) groups excluding carboxylic acids is 1. The Labute approximate surface area is 289 Å². The van der Waals surface area contributed by atoms with Crippen LogP contribution in [0.25, 0.3) is 21.8 Å². The number of nitrogens with one attached hydrogen (secondary N) is 1. The van der Waals surface area contributed by atoms with Crippen LogP contribution in [0.2, 0.25) is 10.0 Å². The van der Waals surface area contributed by atoms with Gasteiger partial charge in [-0.2, -0.15) is 0 Å². The van der Waals surface area contributed by atoms with E-state index in [0.717, 1.165) is 66.4 Å². The molecule has 0 bridgehead atoms. The average molecular weight is 694 g/mol. The van der Waals surface area contributed by atoms with Gasteiger partial charge < -0.3 is 24.8 Å². The normalized spacial score (nSPS) is 22.4. The molecular weight excluding hydrogens is 651 g/mol. The lowest BCUT2D eigenvalue weighted by molar-refractivity contribution is -0.140. The number of hydrogen-bond donors (Lipinski definition) is 2. The van der Waals surface area contributed by atoms with Crippen LogP contribution in [0.15, 0.2) is 59.4 Å². The minimum Gasteiger partial charge on any atom is -0.465 e. The maximum Gasteiger partial charge on any atom is 0.407 e. The molecule has 0 spiro atoms.